The Morgan fingerprint density at radius 2 is 1.89 bits per heavy atom. The molecule has 0 aromatic carbocycles. The van der Waals surface area contributed by atoms with E-state index in [1.54, 1.807) is 0 Å². The topological polar surface area (TPSA) is 55.6 Å². The third-order valence-corrected chi connectivity index (χ3v) is 3.58. The first-order valence-corrected chi connectivity index (χ1v) is 6.70. The van der Waals surface area contributed by atoms with Gasteiger partial charge in [-0.25, -0.2) is 4.79 Å². The Morgan fingerprint density at radius 3 is 2.33 bits per heavy atom. The predicted molar refractivity (Wildman–Crippen MR) is 73.4 cm³/mol. The van der Waals surface area contributed by atoms with Crippen molar-refractivity contribution in [2.45, 2.75) is 65.5 Å². The summed E-state index contributed by atoms with van der Waals surface area (Å²) < 4.78 is 5.47. The van der Waals surface area contributed by atoms with Crippen molar-refractivity contribution in [1.82, 2.24) is 4.90 Å². The van der Waals surface area contributed by atoms with Crippen molar-refractivity contribution in [3.8, 4) is 0 Å². The van der Waals surface area contributed by atoms with Gasteiger partial charge in [0.25, 0.3) is 0 Å². The maximum Gasteiger partial charge on any atom is 0.410 e. The van der Waals surface area contributed by atoms with Crippen LogP contribution in [0.1, 0.15) is 54.4 Å². The number of likely N-dealkylation sites (tertiary alicyclic amines) is 1. The lowest BCUT2D eigenvalue weighted by molar-refractivity contribution is -0.0294. The summed E-state index contributed by atoms with van der Waals surface area (Å²) in [5, 5.41) is 0. The lowest BCUT2D eigenvalue weighted by atomic mass is 9.72. The van der Waals surface area contributed by atoms with Crippen LogP contribution in [0.5, 0.6) is 0 Å². The summed E-state index contributed by atoms with van der Waals surface area (Å²) in [6, 6.07) is 0. The number of piperidine rings is 1. The SMILES string of the molecule is CC1(C)CCN(C(=O)OC(C)(C)C)C(C)(CN)C1. The van der Waals surface area contributed by atoms with Gasteiger partial charge in [0.1, 0.15) is 5.60 Å². The van der Waals surface area contributed by atoms with E-state index in [-0.39, 0.29) is 17.0 Å². The maximum absolute atomic E-state index is 12.2. The molecule has 0 radical (unpaired) electrons. The standard InChI is InChI=1S/C14H28N2O2/c1-12(2,3)18-11(17)16-8-7-13(4,5)9-14(16,6)10-15/h7-10,15H2,1-6H3. The second kappa shape index (κ2) is 4.72. The van der Waals surface area contributed by atoms with E-state index < -0.39 is 5.60 Å². The molecule has 1 amide bonds. The van der Waals surface area contributed by atoms with Crippen molar-refractivity contribution in [3.05, 3.63) is 0 Å². The van der Waals surface area contributed by atoms with E-state index in [1.807, 2.05) is 25.7 Å². The summed E-state index contributed by atoms with van der Waals surface area (Å²) in [5.41, 5.74) is 5.37. The predicted octanol–water partition coefficient (Wildman–Crippen LogP) is 2.76. The number of carbonyl (C=O) groups excluding carboxylic acids is 1. The smallest absolute Gasteiger partial charge is 0.410 e. The molecule has 1 heterocycles. The molecule has 0 bridgehead atoms. The van der Waals surface area contributed by atoms with Crippen LogP contribution in [0.4, 0.5) is 4.79 Å². The molecule has 1 atom stereocenters. The van der Waals surface area contributed by atoms with Gasteiger partial charge in [0.2, 0.25) is 0 Å². The van der Waals surface area contributed by atoms with Crippen LogP contribution < -0.4 is 5.73 Å². The highest BCUT2D eigenvalue weighted by Crippen LogP contribution is 2.40. The molecule has 1 fully saturated rings. The number of rotatable bonds is 1. The average molecular weight is 256 g/mol. The summed E-state index contributed by atoms with van der Waals surface area (Å²) in [4.78, 5) is 14.1. The number of hydrogen-bond donors (Lipinski definition) is 1. The molecule has 0 aromatic rings. The minimum absolute atomic E-state index is 0.229. The molecule has 2 N–H and O–H groups in total. The fourth-order valence-electron chi connectivity index (χ4n) is 2.71. The third kappa shape index (κ3) is 3.61. The van der Waals surface area contributed by atoms with Crippen molar-refractivity contribution in [2.75, 3.05) is 13.1 Å². The van der Waals surface area contributed by atoms with E-state index in [4.69, 9.17) is 10.5 Å². The van der Waals surface area contributed by atoms with Crippen molar-refractivity contribution < 1.29 is 9.53 Å². The highest BCUT2D eigenvalue weighted by Gasteiger charge is 2.44. The first-order valence-electron chi connectivity index (χ1n) is 6.70. The zero-order valence-corrected chi connectivity index (χ0v) is 12.7. The molecule has 106 valence electrons. The maximum atomic E-state index is 12.2. The molecule has 1 rings (SSSR count). The molecule has 18 heavy (non-hydrogen) atoms. The van der Waals surface area contributed by atoms with E-state index in [0.29, 0.717) is 6.54 Å². The number of nitrogens with two attached hydrogens (primary N) is 1. The van der Waals surface area contributed by atoms with Gasteiger partial charge in [0, 0.05) is 13.1 Å². The Hall–Kier alpha value is -0.770. The summed E-state index contributed by atoms with van der Waals surface area (Å²) >= 11 is 0. The number of hydrogen-bond acceptors (Lipinski definition) is 3. The number of nitrogens with zero attached hydrogens (tertiary/aromatic N) is 1. The van der Waals surface area contributed by atoms with E-state index in [2.05, 4.69) is 20.8 Å². The van der Waals surface area contributed by atoms with Gasteiger partial charge in [0.05, 0.1) is 5.54 Å². The van der Waals surface area contributed by atoms with E-state index in [0.717, 1.165) is 19.4 Å². The third-order valence-electron chi connectivity index (χ3n) is 3.58. The molecule has 4 nitrogen and oxygen atoms in total. The Balaban J connectivity index is 2.85. The summed E-state index contributed by atoms with van der Waals surface area (Å²) in [7, 11) is 0. The fourth-order valence-corrected chi connectivity index (χ4v) is 2.71. The van der Waals surface area contributed by atoms with Crippen LogP contribution >= 0.6 is 0 Å². The second-order valence-corrected chi connectivity index (χ2v) is 7.42. The zero-order valence-electron chi connectivity index (χ0n) is 12.7. The summed E-state index contributed by atoms with van der Waals surface area (Å²) in [6.07, 6.45) is 1.66. The first-order chi connectivity index (χ1) is 7.99. The Labute approximate surface area is 111 Å². The number of amides is 1. The van der Waals surface area contributed by atoms with Crippen LogP contribution in [-0.4, -0.2) is 35.2 Å². The summed E-state index contributed by atoms with van der Waals surface area (Å²) in [6.45, 7) is 13.4. The summed E-state index contributed by atoms with van der Waals surface area (Å²) in [5.74, 6) is 0. The average Bonchev–Trinajstić information content (AvgIpc) is 2.13. The van der Waals surface area contributed by atoms with Crippen molar-refractivity contribution >= 4 is 6.09 Å². The molecule has 4 heteroatoms. The van der Waals surface area contributed by atoms with Gasteiger partial charge < -0.3 is 15.4 Å². The first kappa shape index (κ1) is 15.3. The van der Waals surface area contributed by atoms with Crippen LogP contribution in [0.25, 0.3) is 0 Å². The normalized spacial score (nSPS) is 28.1. The Kier molecular flexibility index (Phi) is 4.01. The quantitative estimate of drug-likeness (QED) is 0.785. The van der Waals surface area contributed by atoms with Gasteiger partial charge in [-0.1, -0.05) is 13.8 Å². The minimum Gasteiger partial charge on any atom is -0.444 e. The monoisotopic (exact) mass is 256 g/mol. The molecule has 1 aliphatic heterocycles. The highest BCUT2D eigenvalue weighted by atomic mass is 16.6. The van der Waals surface area contributed by atoms with Crippen molar-refractivity contribution in [3.63, 3.8) is 0 Å². The van der Waals surface area contributed by atoms with Gasteiger partial charge in [-0.05, 0) is 46.0 Å². The number of ether oxygens (including phenoxy) is 1. The molecule has 1 aliphatic rings. The van der Waals surface area contributed by atoms with Crippen molar-refractivity contribution in [2.24, 2.45) is 11.1 Å². The van der Waals surface area contributed by atoms with Crippen molar-refractivity contribution in [1.29, 1.82) is 0 Å². The zero-order chi connectivity index (χ0) is 14.2. The lowest BCUT2D eigenvalue weighted by Crippen LogP contribution is -2.60. The van der Waals surface area contributed by atoms with Gasteiger partial charge in [-0.2, -0.15) is 0 Å². The highest BCUT2D eigenvalue weighted by molar-refractivity contribution is 5.69. The van der Waals surface area contributed by atoms with Crippen LogP contribution in [0.3, 0.4) is 0 Å². The fraction of sp³-hybridized carbons (Fsp3) is 0.929. The molecule has 0 spiro atoms. The molecule has 1 saturated heterocycles. The number of carbonyl (C=O) groups is 1. The Morgan fingerprint density at radius 1 is 1.33 bits per heavy atom. The molecular weight excluding hydrogens is 228 g/mol. The van der Waals surface area contributed by atoms with E-state index >= 15 is 0 Å². The van der Waals surface area contributed by atoms with Gasteiger partial charge in [-0.15, -0.1) is 0 Å². The minimum atomic E-state index is -0.459. The molecule has 0 saturated carbocycles. The van der Waals surface area contributed by atoms with Gasteiger partial charge in [0.15, 0.2) is 0 Å². The van der Waals surface area contributed by atoms with Crippen LogP contribution in [-0.2, 0) is 4.74 Å². The van der Waals surface area contributed by atoms with Crippen LogP contribution in [0.15, 0.2) is 0 Å². The van der Waals surface area contributed by atoms with Crippen LogP contribution in [0, 0.1) is 5.41 Å². The molecule has 1 unspecified atom stereocenters. The Bertz CT molecular complexity index is 320. The molecule has 0 aliphatic carbocycles. The molecular formula is C14H28N2O2. The second-order valence-electron chi connectivity index (χ2n) is 7.42. The largest absolute Gasteiger partial charge is 0.444 e. The van der Waals surface area contributed by atoms with E-state index in [9.17, 15) is 4.79 Å². The van der Waals surface area contributed by atoms with Gasteiger partial charge in [-0.3, -0.25) is 0 Å². The van der Waals surface area contributed by atoms with Crippen LogP contribution in [0.2, 0.25) is 0 Å². The molecule has 0 aromatic heterocycles. The van der Waals surface area contributed by atoms with Gasteiger partial charge >= 0.3 is 6.09 Å². The van der Waals surface area contributed by atoms with E-state index in [1.165, 1.54) is 0 Å². The lowest BCUT2D eigenvalue weighted by Gasteiger charge is -2.50.